The fraction of sp³-hybridized carbons (Fsp3) is 0.222. The molecule has 0 saturated carbocycles. The number of hydrogen-bond acceptors (Lipinski definition) is 4. The predicted octanol–water partition coefficient (Wildman–Crippen LogP) is 1.11. The Balaban J connectivity index is 3.25. The first kappa shape index (κ1) is 8.68. The fourth-order valence-electron chi connectivity index (χ4n) is 0.971. The lowest BCUT2D eigenvalue weighted by Gasteiger charge is -2.08. The SMILES string of the molecule is [3H]COc1cc(C(=O)O)cc(OC)c1O. The lowest BCUT2D eigenvalue weighted by molar-refractivity contribution is 0.0696. The molecule has 0 radical (unpaired) electrons. The molecular weight excluding hydrogens is 188 g/mol. The third kappa shape index (κ3) is 1.71. The predicted molar refractivity (Wildman–Crippen MR) is 48.2 cm³/mol. The average Bonchev–Trinajstić information content (AvgIpc) is 2.21. The van der Waals surface area contributed by atoms with Crippen LogP contribution in [0.1, 0.15) is 11.7 Å². The van der Waals surface area contributed by atoms with E-state index < -0.39 is 13.1 Å². The topological polar surface area (TPSA) is 76.0 Å². The summed E-state index contributed by atoms with van der Waals surface area (Å²) in [5.74, 6) is -1.56. The summed E-state index contributed by atoms with van der Waals surface area (Å²) in [6.07, 6.45) is 0. The van der Waals surface area contributed by atoms with Crippen molar-refractivity contribution in [2.24, 2.45) is 0 Å². The Morgan fingerprint density at radius 2 is 2.00 bits per heavy atom. The Morgan fingerprint density at radius 3 is 2.43 bits per heavy atom. The fourth-order valence-corrected chi connectivity index (χ4v) is 0.971. The summed E-state index contributed by atoms with van der Waals surface area (Å²) in [6, 6.07) is 2.31. The highest BCUT2D eigenvalue weighted by molar-refractivity contribution is 5.89. The normalized spacial score (nSPS) is 10.5. The van der Waals surface area contributed by atoms with Crippen molar-refractivity contribution in [1.29, 1.82) is 0 Å². The number of carboxylic acid groups (broad SMARTS) is 1. The van der Waals surface area contributed by atoms with Crippen LogP contribution < -0.4 is 9.47 Å². The second-order valence-corrected chi connectivity index (χ2v) is 2.47. The van der Waals surface area contributed by atoms with E-state index in [1.54, 1.807) is 0 Å². The molecule has 76 valence electrons. The highest BCUT2D eigenvalue weighted by atomic mass is 16.5. The van der Waals surface area contributed by atoms with E-state index in [1.807, 2.05) is 0 Å². The number of phenolic OH excluding ortho intramolecular Hbond substituents is 1. The van der Waals surface area contributed by atoms with Crippen molar-refractivity contribution in [2.75, 3.05) is 14.2 Å². The molecule has 0 aromatic heterocycles. The zero-order valence-corrected chi connectivity index (χ0v) is 7.48. The number of benzene rings is 1. The molecule has 0 fully saturated rings. The molecule has 5 nitrogen and oxygen atoms in total. The lowest BCUT2D eigenvalue weighted by Crippen LogP contribution is -1.98. The summed E-state index contributed by atoms with van der Waals surface area (Å²) < 4.78 is 16.3. The van der Waals surface area contributed by atoms with Gasteiger partial charge in [0.05, 0.1) is 21.1 Å². The molecule has 0 unspecified atom stereocenters. The molecule has 1 rings (SSSR count). The summed E-state index contributed by atoms with van der Waals surface area (Å²) in [5, 5.41) is 18.2. The average molecular weight is 200 g/mol. The molecule has 1 aromatic carbocycles. The summed E-state index contributed by atoms with van der Waals surface area (Å²) in [4.78, 5) is 10.7. The third-order valence-electron chi connectivity index (χ3n) is 1.66. The first-order chi connectivity index (χ1) is 7.10. The van der Waals surface area contributed by atoms with Crippen LogP contribution in [0.3, 0.4) is 0 Å². The van der Waals surface area contributed by atoms with Crippen LogP contribution in [0.5, 0.6) is 17.2 Å². The number of ether oxygens (including phenoxy) is 2. The maximum Gasteiger partial charge on any atom is 0.335 e. The van der Waals surface area contributed by atoms with Gasteiger partial charge in [0.15, 0.2) is 11.5 Å². The third-order valence-corrected chi connectivity index (χ3v) is 1.66. The standard InChI is InChI=1S/C9H10O5/c1-13-6-3-5(9(11)12)4-7(14-2)8(6)10/h3-4,10H,1-2H3,(H,11,12)/i1T. The van der Waals surface area contributed by atoms with Gasteiger partial charge in [-0.3, -0.25) is 0 Å². The number of phenols is 1. The van der Waals surface area contributed by atoms with E-state index in [-0.39, 0.29) is 22.8 Å². The van der Waals surface area contributed by atoms with E-state index in [2.05, 4.69) is 0 Å². The number of aromatic hydroxyl groups is 1. The Hall–Kier alpha value is -1.91. The zero-order chi connectivity index (χ0) is 11.4. The van der Waals surface area contributed by atoms with Gasteiger partial charge in [0.1, 0.15) is 0 Å². The summed E-state index contributed by atoms with van der Waals surface area (Å²) >= 11 is 0. The molecule has 0 saturated heterocycles. The molecule has 0 aliphatic heterocycles. The summed E-state index contributed by atoms with van der Waals surface area (Å²) in [6.45, 7) is 0. The van der Waals surface area contributed by atoms with Crippen molar-refractivity contribution in [3.05, 3.63) is 17.7 Å². The first-order valence-electron chi connectivity index (χ1n) is 4.37. The summed E-state index contributed by atoms with van der Waals surface area (Å²) in [5.41, 5.74) is -0.0758. The molecule has 0 heterocycles. The maximum atomic E-state index is 10.7. The minimum Gasteiger partial charge on any atom is -0.502 e. The van der Waals surface area contributed by atoms with Gasteiger partial charge < -0.3 is 19.7 Å². The van der Waals surface area contributed by atoms with Crippen LogP contribution in [0.4, 0.5) is 0 Å². The highest BCUT2D eigenvalue weighted by Gasteiger charge is 2.14. The first-order valence-corrected chi connectivity index (χ1v) is 3.66. The number of rotatable bonds is 3. The minimum absolute atomic E-state index is 0.00153. The molecule has 5 heteroatoms. The van der Waals surface area contributed by atoms with Crippen LogP contribution >= 0.6 is 0 Å². The molecule has 0 bridgehead atoms. The van der Waals surface area contributed by atoms with Crippen LogP contribution in [0, 0.1) is 0 Å². The number of methoxy groups -OCH3 is 2. The molecule has 0 atom stereocenters. The Labute approximate surface area is 81.9 Å². The van der Waals surface area contributed by atoms with Gasteiger partial charge in [0.2, 0.25) is 5.75 Å². The lowest BCUT2D eigenvalue weighted by atomic mass is 10.2. The van der Waals surface area contributed by atoms with E-state index in [9.17, 15) is 9.90 Å². The molecular formula is C9H10O5. The van der Waals surface area contributed by atoms with Gasteiger partial charge in [-0.25, -0.2) is 4.79 Å². The van der Waals surface area contributed by atoms with Crippen LogP contribution in [0.15, 0.2) is 12.1 Å². The van der Waals surface area contributed by atoms with Crippen LogP contribution in [0.25, 0.3) is 0 Å². The van der Waals surface area contributed by atoms with E-state index in [4.69, 9.17) is 16.0 Å². The monoisotopic (exact) mass is 200 g/mol. The van der Waals surface area contributed by atoms with Gasteiger partial charge in [-0.15, -0.1) is 0 Å². The van der Waals surface area contributed by atoms with Crippen molar-refractivity contribution in [2.45, 2.75) is 0 Å². The van der Waals surface area contributed by atoms with Crippen molar-refractivity contribution < 1.29 is 25.9 Å². The maximum absolute atomic E-state index is 10.7. The van der Waals surface area contributed by atoms with Gasteiger partial charge in [-0.2, -0.15) is 0 Å². The second-order valence-electron chi connectivity index (χ2n) is 2.47. The van der Waals surface area contributed by atoms with Gasteiger partial charge in [-0.1, -0.05) is 0 Å². The van der Waals surface area contributed by atoms with Gasteiger partial charge >= 0.3 is 5.97 Å². The molecule has 0 amide bonds. The Bertz CT molecular complexity index is 377. The molecule has 0 aliphatic carbocycles. The van der Waals surface area contributed by atoms with E-state index in [0.29, 0.717) is 0 Å². The number of aromatic carboxylic acids is 1. The smallest absolute Gasteiger partial charge is 0.335 e. The van der Waals surface area contributed by atoms with Crippen LogP contribution in [-0.2, 0) is 0 Å². The van der Waals surface area contributed by atoms with E-state index in [1.165, 1.54) is 13.2 Å². The van der Waals surface area contributed by atoms with Crippen molar-refractivity contribution >= 4 is 5.97 Å². The number of hydrogen-bond donors (Lipinski definition) is 2. The minimum atomic E-state index is -1.16. The van der Waals surface area contributed by atoms with Gasteiger partial charge in [-0.05, 0) is 12.1 Å². The van der Waals surface area contributed by atoms with Crippen LogP contribution in [-0.4, -0.2) is 30.4 Å². The molecule has 14 heavy (non-hydrogen) atoms. The van der Waals surface area contributed by atoms with E-state index >= 15 is 0 Å². The van der Waals surface area contributed by atoms with Crippen LogP contribution in [0.2, 0.25) is 0 Å². The van der Waals surface area contributed by atoms with Gasteiger partial charge in [0, 0.05) is 0 Å². The van der Waals surface area contributed by atoms with E-state index in [0.717, 1.165) is 6.07 Å². The zero-order valence-electron chi connectivity index (χ0n) is 8.48. The number of carboxylic acids is 1. The molecule has 0 aliphatic rings. The Morgan fingerprint density at radius 1 is 1.43 bits per heavy atom. The second kappa shape index (κ2) is 3.87. The summed E-state index contributed by atoms with van der Waals surface area (Å²) in [7, 11) is 0.880. The molecule has 1 aromatic rings. The largest absolute Gasteiger partial charge is 0.502 e. The Kier molecular flexibility index (Phi) is 2.40. The highest BCUT2D eigenvalue weighted by Crippen LogP contribution is 2.36. The quantitative estimate of drug-likeness (QED) is 0.764. The number of carbonyl (C=O) groups is 1. The van der Waals surface area contributed by atoms with Crippen molar-refractivity contribution in [3.8, 4) is 17.2 Å². The van der Waals surface area contributed by atoms with Crippen molar-refractivity contribution in [1.82, 2.24) is 0 Å². The molecule has 2 N–H and O–H groups in total. The molecule has 0 spiro atoms. The van der Waals surface area contributed by atoms with Crippen molar-refractivity contribution in [3.63, 3.8) is 0 Å². The van der Waals surface area contributed by atoms with Gasteiger partial charge in [0.25, 0.3) is 0 Å².